The lowest BCUT2D eigenvalue weighted by atomic mass is 10.1. The molecule has 1 heterocycles. The Bertz CT molecular complexity index is 1190. The summed E-state index contributed by atoms with van der Waals surface area (Å²) in [4.78, 5) is 26.8. The summed E-state index contributed by atoms with van der Waals surface area (Å²) in [5.74, 6) is -0.0677. The predicted octanol–water partition coefficient (Wildman–Crippen LogP) is 3.95. The van der Waals surface area contributed by atoms with E-state index in [-0.39, 0.29) is 18.4 Å². The van der Waals surface area contributed by atoms with Crippen LogP contribution in [0.3, 0.4) is 0 Å². The molecule has 0 radical (unpaired) electrons. The quantitative estimate of drug-likeness (QED) is 0.338. The predicted molar refractivity (Wildman–Crippen MR) is 140 cm³/mol. The Balaban J connectivity index is 1.20. The first-order valence-electron chi connectivity index (χ1n) is 11.6. The van der Waals surface area contributed by atoms with Gasteiger partial charge in [0, 0.05) is 25.2 Å². The van der Waals surface area contributed by atoms with Crippen molar-refractivity contribution >= 4 is 35.3 Å². The number of carbonyl (C=O) groups is 2. The largest absolute Gasteiger partial charge is 0.484 e. The maximum Gasteiger partial charge on any atom is 0.271 e. The highest BCUT2D eigenvalue weighted by Crippen LogP contribution is 2.20. The zero-order valence-corrected chi connectivity index (χ0v) is 20.4. The number of hydrazone groups is 1. The summed E-state index contributed by atoms with van der Waals surface area (Å²) >= 11 is 6.04. The van der Waals surface area contributed by atoms with Gasteiger partial charge in [0.15, 0.2) is 6.61 Å². The van der Waals surface area contributed by atoms with Gasteiger partial charge >= 0.3 is 0 Å². The molecule has 8 nitrogen and oxygen atoms in total. The van der Waals surface area contributed by atoms with Crippen LogP contribution in [0.1, 0.15) is 21.5 Å². The zero-order chi connectivity index (χ0) is 25.2. The monoisotopic (exact) mass is 506 g/mol. The van der Waals surface area contributed by atoms with E-state index < -0.39 is 0 Å². The summed E-state index contributed by atoms with van der Waals surface area (Å²) in [5, 5.41) is 7.19. The molecule has 2 N–H and O–H groups in total. The van der Waals surface area contributed by atoms with Crippen LogP contribution in [0.2, 0.25) is 5.02 Å². The smallest absolute Gasteiger partial charge is 0.271 e. The van der Waals surface area contributed by atoms with Crippen LogP contribution in [0.25, 0.3) is 0 Å². The molecular formula is C27H27ClN4O4. The molecule has 0 saturated carbocycles. The molecule has 1 saturated heterocycles. The molecule has 1 aliphatic heterocycles. The Kier molecular flexibility index (Phi) is 9.04. The van der Waals surface area contributed by atoms with Gasteiger partial charge in [-0.25, -0.2) is 5.43 Å². The van der Waals surface area contributed by atoms with Crippen LogP contribution in [0, 0.1) is 0 Å². The van der Waals surface area contributed by atoms with Gasteiger partial charge in [-0.2, -0.15) is 5.10 Å². The van der Waals surface area contributed by atoms with Crippen molar-refractivity contribution in [3.63, 3.8) is 0 Å². The number of hydrogen-bond acceptors (Lipinski definition) is 6. The first kappa shape index (κ1) is 25.4. The maximum absolute atomic E-state index is 12.4. The van der Waals surface area contributed by atoms with Crippen LogP contribution in [0.4, 0.5) is 5.69 Å². The third-order valence-electron chi connectivity index (χ3n) is 5.50. The van der Waals surface area contributed by atoms with Crippen LogP contribution < -0.4 is 15.5 Å². The van der Waals surface area contributed by atoms with Crippen LogP contribution in [0.5, 0.6) is 5.75 Å². The molecule has 0 spiro atoms. The molecule has 9 heteroatoms. The Hall–Kier alpha value is -3.72. The second-order valence-electron chi connectivity index (χ2n) is 8.17. The number of para-hydroxylation sites is 1. The van der Waals surface area contributed by atoms with Gasteiger partial charge in [0.1, 0.15) is 5.75 Å². The van der Waals surface area contributed by atoms with Gasteiger partial charge in [-0.3, -0.25) is 14.5 Å². The fraction of sp³-hybridized carbons (Fsp3) is 0.222. The molecule has 186 valence electrons. The topological polar surface area (TPSA) is 92.3 Å². The number of nitrogens with one attached hydrogen (secondary N) is 2. The lowest BCUT2D eigenvalue weighted by molar-refractivity contribution is -0.118. The van der Waals surface area contributed by atoms with Gasteiger partial charge in [-0.15, -0.1) is 0 Å². The van der Waals surface area contributed by atoms with E-state index in [2.05, 4.69) is 20.7 Å². The van der Waals surface area contributed by atoms with E-state index in [1.54, 1.807) is 66.9 Å². The number of nitrogens with zero attached hydrogens (tertiary/aromatic N) is 2. The lowest BCUT2D eigenvalue weighted by Gasteiger charge is -2.26. The van der Waals surface area contributed by atoms with Crippen molar-refractivity contribution in [3.8, 4) is 5.75 Å². The Morgan fingerprint density at radius 2 is 1.72 bits per heavy atom. The Morgan fingerprint density at radius 1 is 1.00 bits per heavy atom. The fourth-order valence-electron chi connectivity index (χ4n) is 3.56. The van der Waals surface area contributed by atoms with Crippen molar-refractivity contribution in [3.05, 3.63) is 94.5 Å². The number of benzene rings is 3. The number of rotatable bonds is 9. The Labute approximate surface area is 214 Å². The summed E-state index contributed by atoms with van der Waals surface area (Å²) in [6.07, 6.45) is 1.54. The highest BCUT2D eigenvalue weighted by atomic mass is 35.5. The molecule has 3 aromatic rings. The molecule has 0 aromatic heterocycles. The first-order chi connectivity index (χ1) is 17.6. The summed E-state index contributed by atoms with van der Waals surface area (Å²) in [7, 11) is 0. The third kappa shape index (κ3) is 7.64. The van der Waals surface area contributed by atoms with E-state index in [1.807, 2.05) is 12.1 Å². The fourth-order valence-corrected chi connectivity index (χ4v) is 3.74. The van der Waals surface area contributed by atoms with E-state index in [1.165, 1.54) is 0 Å². The molecule has 36 heavy (non-hydrogen) atoms. The summed E-state index contributed by atoms with van der Waals surface area (Å²) in [6, 6.07) is 21.5. The highest BCUT2D eigenvalue weighted by molar-refractivity contribution is 6.33. The first-order valence-corrected chi connectivity index (χ1v) is 11.9. The third-order valence-corrected chi connectivity index (χ3v) is 5.83. The molecule has 0 aliphatic carbocycles. The van der Waals surface area contributed by atoms with Gasteiger partial charge in [0.05, 0.1) is 30.1 Å². The van der Waals surface area contributed by atoms with Crippen molar-refractivity contribution in [2.24, 2.45) is 5.10 Å². The summed E-state index contributed by atoms with van der Waals surface area (Å²) in [5.41, 5.74) is 5.53. The average Bonchev–Trinajstić information content (AvgIpc) is 2.90. The van der Waals surface area contributed by atoms with Gasteiger partial charge in [-0.1, -0.05) is 35.9 Å². The molecule has 0 unspecified atom stereocenters. The van der Waals surface area contributed by atoms with Crippen molar-refractivity contribution in [1.29, 1.82) is 0 Å². The number of morpholine rings is 1. The molecular weight excluding hydrogens is 480 g/mol. The number of amides is 2. The summed E-state index contributed by atoms with van der Waals surface area (Å²) < 4.78 is 10.9. The van der Waals surface area contributed by atoms with Crippen LogP contribution in [-0.4, -0.2) is 55.8 Å². The minimum Gasteiger partial charge on any atom is -0.484 e. The van der Waals surface area contributed by atoms with Gasteiger partial charge in [-0.05, 0) is 59.7 Å². The normalized spacial score (nSPS) is 13.9. The van der Waals surface area contributed by atoms with E-state index in [0.29, 0.717) is 22.0 Å². The average molecular weight is 507 g/mol. The summed E-state index contributed by atoms with van der Waals surface area (Å²) in [6.45, 7) is 4.05. The minimum atomic E-state index is -0.314. The van der Waals surface area contributed by atoms with Gasteiger partial charge in [0.25, 0.3) is 11.8 Å². The van der Waals surface area contributed by atoms with Crippen LogP contribution in [0.15, 0.2) is 77.9 Å². The number of ether oxygens (including phenoxy) is 2. The molecule has 0 bridgehead atoms. The van der Waals surface area contributed by atoms with Gasteiger partial charge < -0.3 is 14.8 Å². The molecule has 1 aliphatic rings. The SMILES string of the molecule is O=C(COc1ccc(/C=N\NC(=O)c2ccc(CN3CCOCC3)cc2)cc1)Nc1ccccc1Cl. The van der Waals surface area contributed by atoms with E-state index >= 15 is 0 Å². The Morgan fingerprint density at radius 3 is 2.44 bits per heavy atom. The molecule has 2 amide bonds. The van der Waals surface area contributed by atoms with E-state index in [9.17, 15) is 9.59 Å². The number of anilines is 1. The van der Waals surface area contributed by atoms with Crippen molar-refractivity contribution in [2.45, 2.75) is 6.54 Å². The van der Waals surface area contributed by atoms with Crippen molar-refractivity contribution in [1.82, 2.24) is 10.3 Å². The molecule has 3 aromatic carbocycles. The van der Waals surface area contributed by atoms with Crippen LogP contribution in [-0.2, 0) is 16.1 Å². The van der Waals surface area contributed by atoms with E-state index in [4.69, 9.17) is 21.1 Å². The van der Waals surface area contributed by atoms with E-state index in [0.717, 1.165) is 44.0 Å². The standard InChI is InChI=1S/C27H27ClN4O4/c28-24-3-1-2-4-25(24)30-26(33)19-36-23-11-7-20(8-12-23)17-29-31-27(34)22-9-5-21(6-10-22)18-32-13-15-35-16-14-32/h1-12,17H,13-16,18-19H2,(H,30,33)(H,31,34)/b29-17-. The second kappa shape index (κ2) is 12.8. The lowest BCUT2D eigenvalue weighted by Crippen LogP contribution is -2.35. The highest BCUT2D eigenvalue weighted by Gasteiger charge is 2.11. The minimum absolute atomic E-state index is 0.153. The molecule has 1 fully saturated rings. The van der Waals surface area contributed by atoms with Crippen molar-refractivity contribution < 1.29 is 19.1 Å². The zero-order valence-electron chi connectivity index (χ0n) is 19.7. The van der Waals surface area contributed by atoms with Crippen molar-refractivity contribution in [2.75, 3.05) is 38.2 Å². The molecule has 4 rings (SSSR count). The number of hydrogen-bond donors (Lipinski definition) is 2. The number of carbonyl (C=O) groups excluding carboxylic acids is 2. The number of halogens is 1. The van der Waals surface area contributed by atoms with Crippen LogP contribution >= 0.6 is 11.6 Å². The maximum atomic E-state index is 12.4. The second-order valence-corrected chi connectivity index (χ2v) is 8.58. The molecule has 0 atom stereocenters. The van der Waals surface area contributed by atoms with Gasteiger partial charge in [0.2, 0.25) is 0 Å².